The lowest BCUT2D eigenvalue weighted by Gasteiger charge is -2.16. The zero-order valence-corrected chi connectivity index (χ0v) is 12.8. The Morgan fingerprint density at radius 1 is 1.32 bits per heavy atom. The summed E-state index contributed by atoms with van der Waals surface area (Å²) in [5, 5.41) is 3.41. The van der Waals surface area contributed by atoms with Gasteiger partial charge in [-0.25, -0.2) is 0 Å². The first-order chi connectivity index (χ1) is 9.15. The molecule has 1 unspecified atom stereocenters. The number of hydrogen-bond acceptors (Lipinski definition) is 4. The van der Waals surface area contributed by atoms with Crippen LogP contribution in [0.5, 0.6) is 11.5 Å². The molecule has 1 aromatic carbocycles. The highest BCUT2D eigenvalue weighted by Gasteiger charge is 2.11. The van der Waals surface area contributed by atoms with Gasteiger partial charge in [-0.05, 0) is 30.9 Å². The van der Waals surface area contributed by atoms with Crippen LogP contribution in [0.15, 0.2) is 17.0 Å². The number of nitrogens with one attached hydrogen (secondary N) is 1. The van der Waals surface area contributed by atoms with Crippen molar-refractivity contribution in [1.29, 1.82) is 0 Å². The van der Waals surface area contributed by atoms with Crippen molar-refractivity contribution in [2.75, 3.05) is 20.5 Å². The average molecular weight is 279 g/mol. The van der Waals surface area contributed by atoms with Crippen molar-refractivity contribution in [3.63, 3.8) is 0 Å². The van der Waals surface area contributed by atoms with Crippen molar-refractivity contribution in [2.45, 2.75) is 30.8 Å². The van der Waals surface area contributed by atoms with Crippen LogP contribution in [0.4, 0.5) is 0 Å². The fraction of sp³-hybridized carbons (Fsp3) is 0.467. The van der Waals surface area contributed by atoms with Crippen LogP contribution in [-0.2, 0) is 6.54 Å². The molecule has 0 amide bonds. The largest absolute Gasteiger partial charge is 0.493 e. The SMILES string of the molecule is C#CCC(C)NCc1cc(OC)c(OC)cc1SC. The maximum absolute atomic E-state index is 5.34. The smallest absolute Gasteiger partial charge is 0.161 e. The third-order valence-corrected chi connectivity index (χ3v) is 3.67. The first kappa shape index (κ1) is 15.7. The second-order valence-corrected chi connectivity index (χ2v) is 5.06. The van der Waals surface area contributed by atoms with E-state index in [9.17, 15) is 0 Å². The molecule has 1 aromatic rings. The molecule has 0 aliphatic carbocycles. The number of terminal acetylenes is 1. The van der Waals surface area contributed by atoms with E-state index >= 15 is 0 Å². The summed E-state index contributed by atoms with van der Waals surface area (Å²) in [4.78, 5) is 1.18. The topological polar surface area (TPSA) is 30.5 Å². The minimum Gasteiger partial charge on any atom is -0.493 e. The van der Waals surface area contributed by atoms with Crippen LogP contribution in [0.2, 0.25) is 0 Å². The zero-order chi connectivity index (χ0) is 14.3. The Balaban J connectivity index is 2.90. The van der Waals surface area contributed by atoms with E-state index in [1.165, 1.54) is 10.5 Å². The molecule has 1 N–H and O–H groups in total. The molecule has 1 atom stereocenters. The predicted molar refractivity (Wildman–Crippen MR) is 81.1 cm³/mol. The number of ether oxygens (including phenoxy) is 2. The highest BCUT2D eigenvalue weighted by molar-refractivity contribution is 7.98. The van der Waals surface area contributed by atoms with Crippen LogP contribution in [-0.4, -0.2) is 26.5 Å². The lowest BCUT2D eigenvalue weighted by atomic mass is 10.1. The molecular formula is C15H21NO2S. The third-order valence-electron chi connectivity index (χ3n) is 2.85. The Morgan fingerprint density at radius 2 is 1.95 bits per heavy atom. The quantitative estimate of drug-likeness (QED) is 0.614. The third kappa shape index (κ3) is 4.38. The van der Waals surface area contributed by atoms with Gasteiger partial charge >= 0.3 is 0 Å². The van der Waals surface area contributed by atoms with Gasteiger partial charge in [-0.2, -0.15) is 0 Å². The maximum Gasteiger partial charge on any atom is 0.161 e. The number of methoxy groups -OCH3 is 2. The van der Waals surface area contributed by atoms with E-state index in [1.54, 1.807) is 26.0 Å². The van der Waals surface area contributed by atoms with Crippen molar-refractivity contribution in [1.82, 2.24) is 5.32 Å². The van der Waals surface area contributed by atoms with E-state index in [2.05, 4.69) is 24.4 Å². The second kappa shape index (κ2) is 7.98. The van der Waals surface area contributed by atoms with Crippen molar-refractivity contribution in [3.8, 4) is 23.8 Å². The molecule has 1 rings (SSSR count). The second-order valence-electron chi connectivity index (χ2n) is 4.21. The number of benzene rings is 1. The molecule has 0 saturated heterocycles. The summed E-state index contributed by atoms with van der Waals surface area (Å²) in [6, 6.07) is 4.32. The molecule has 0 aliphatic heterocycles. The molecule has 3 nitrogen and oxygen atoms in total. The monoisotopic (exact) mass is 279 g/mol. The summed E-state index contributed by atoms with van der Waals surface area (Å²) >= 11 is 1.69. The van der Waals surface area contributed by atoms with Gasteiger partial charge in [0.2, 0.25) is 0 Å². The molecule has 0 fully saturated rings. The van der Waals surface area contributed by atoms with E-state index in [4.69, 9.17) is 15.9 Å². The number of hydrogen-bond donors (Lipinski definition) is 1. The Bertz CT molecular complexity index is 454. The minimum absolute atomic E-state index is 0.299. The van der Waals surface area contributed by atoms with Crippen molar-refractivity contribution in [2.24, 2.45) is 0 Å². The van der Waals surface area contributed by atoms with Crippen LogP contribution in [0.25, 0.3) is 0 Å². The van der Waals surface area contributed by atoms with Gasteiger partial charge in [0.15, 0.2) is 11.5 Å². The highest BCUT2D eigenvalue weighted by Crippen LogP contribution is 2.34. The summed E-state index contributed by atoms with van der Waals surface area (Å²) in [5.74, 6) is 4.17. The molecular weight excluding hydrogens is 258 g/mol. The molecule has 0 aromatic heterocycles. The molecule has 0 spiro atoms. The van der Waals surface area contributed by atoms with E-state index in [0.29, 0.717) is 6.04 Å². The summed E-state index contributed by atoms with van der Waals surface area (Å²) < 4.78 is 10.6. The predicted octanol–water partition coefficient (Wildman–Crippen LogP) is 2.93. The minimum atomic E-state index is 0.299. The molecule has 4 heteroatoms. The van der Waals surface area contributed by atoms with E-state index in [0.717, 1.165) is 24.5 Å². The van der Waals surface area contributed by atoms with Crippen LogP contribution in [0, 0.1) is 12.3 Å². The van der Waals surface area contributed by atoms with Crippen LogP contribution < -0.4 is 14.8 Å². The highest BCUT2D eigenvalue weighted by atomic mass is 32.2. The normalized spacial score (nSPS) is 11.7. The van der Waals surface area contributed by atoms with Crippen molar-refractivity contribution >= 4 is 11.8 Å². The molecule has 0 bridgehead atoms. The van der Waals surface area contributed by atoms with Gasteiger partial charge in [0.1, 0.15) is 0 Å². The molecule has 104 valence electrons. The van der Waals surface area contributed by atoms with Crippen LogP contribution >= 0.6 is 11.8 Å². The van der Waals surface area contributed by atoms with Gasteiger partial charge in [-0.3, -0.25) is 0 Å². The Morgan fingerprint density at radius 3 is 2.47 bits per heavy atom. The molecule has 0 radical (unpaired) electrons. The van der Waals surface area contributed by atoms with Gasteiger partial charge < -0.3 is 14.8 Å². The van der Waals surface area contributed by atoms with E-state index < -0.39 is 0 Å². The summed E-state index contributed by atoms with van der Waals surface area (Å²) in [6.45, 7) is 2.85. The zero-order valence-electron chi connectivity index (χ0n) is 11.9. The lowest BCUT2D eigenvalue weighted by Crippen LogP contribution is -2.25. The number of rotatable bonds is 7. The first-order valence-corrected chi connectivity index (χ1v) is 7.34. The van der Waals surface area contributed by atoms with Gasteiger partial charge in [0, 0.05) is 23.9 Å². The Labute approximate surface area is 120 Å². The Hall–Kier alpha value is -1.31. The van der Waals surface area contributed by atoms with Gasteiger partial charge in [0.05, 0.1) is 14.2 Å². The molecule has 0 saturated carbocycles. The van der Waals surface area contributed by atoms with Crippen LogP contribution in [0.3, 0.4) is 0 Å². The summed E-state index contributed by atoms with van der Waals surface area (Å²) in [5.41, 5.74) is 1.19. The van der Waals surface area contributed by atoms with Gasteiger partial charge in [-0.1, -0.05) is 0 Å². The fourth-order valence-corrected chi connectivity index (χ4v) is 2.38. The van der Waals surface area contributed by atoms with E-state index in [1.807, 2.05) is 12.1 Å². The Kier molecular flexibility index (Phi) is 6.61. The molecule has 0 heterocycles. The summed E-state index contributed by atoms with van der Waals surface area (Å²) in [7, 11) is 3.30. The first-order valence-electron chi connectivity index (χ1n) is 6.12. The lowest BCUT2D eigenvalue weighted by molar-refractivity contribution is 0.353. The molecule has 0 aliphatic rings. The standard InChI is InChI=1S/C15H21NO2S/c1-6-7-11(2)16-10-12-8-13(17-3)14(18-4)9-15(12)19-5/h1,8-9,11,16H,7,10H2,2-5H3. The van der Waals surface area contributed by atoms with E-state index in [-0.39, 0.29) is 0 Å². The maximum atomic E-state index is 5.34. The summed E-state index contributed by atoms with van der Waals surface area (Å²) in [6.07, 6.45) is 8.08. The van der Waals surface area contributed by atoms with Crippen LogP contribution in [0.1, 0.15) is 18.9 Å². The van der Waals surface area contributed by atoms with Crippen molar-refractivity contribution < 1.29 is 9.47 Å². The molecule has 19 heavy (non-hydrogen) atoms. The number of thioether (sulfide) groups is 1. The van der Waals surface area contributed by atoms with Gasteiger partial charge in [-0.15, -0.1) is 24.1 Å². The average Bonchev–Trinajstić information content (AvgIpc) is 2.44. The fourth-order valence-electron chi connectivity index (χ4n) is 1.76. The van der Waals surface area contributed by atoms with Crippen molar-refractivity contribution in [3.05, 3.63) is 17.7 Å². The van der Waals surface area contributed by atoms with Gasteiger partial charge in [0.25, 0.3) is 0 Å².